The van der Waals surface area contributed by atoms with Crippen LogP contribution in [0.3, 0.4) is 0 Å². The number of esters is 1. The zero-order valence-electron chi connectivity index (χ0n) is 18.2. The lowest BCUT2D eigenvalue weighted by molar-refractivity contribution is -0.145. The Labute approximate surface area is 191 Å². The van der Waals surface area contributed by atoms with E-state index in [1.165, 1.54) is 6.92 Å². The van der Waals surface area contributed by atoms with Crippen LogP contribution < -0.4 is 5.73 Å². The first-order valence-corrected chi connectivity index (χ1v) is 9.74. The van der Waals surface area contributed by atoms with Crippen molar-refractivity contribution >= 4 is 17.5 Å². The molecule has 2 aromatic rings. The van der Waals surface area contributed by atoms with Gasteiger partial charge in [-0.3, -0.25) is 14.4 Å². The lowest BCUT2D eigenvalue weighted by atomic mass is 10.1. The summed E-state index contributed by atoms with van der Waals surface area (Å²) in [5.41, 5.74) is 5.14. The van der Waals surface area contributed by atoms with Gasteiger partial charge >= 0.3 is 5.97 Å². The van der Waals surface area contributed by atoms with Crippen molar-refractivity contribution in [3.8, 4) is 0 Å². The fourth-order valence-corrected chi connectivity index (χ4v) is 2.58. The molecule has 2 N–H and O–H groups in total. The van der Waals surface area contributed by atoms with Crippen LogP contribution in [0.5, 0.6) is 0 Å². The molecule has 0 saturated heterocycles. The molecule has 0 spiro atoms. The molecule has 0 amide bonds. The molecule has 0 aliphatic heterocycles. The van der Waals surface area contributed by atoms with Gasteiger partial charge in [0.25, 0.3) is 0 Å². The Hall–Kier alpha value is -3.63. The summed E-state index contributed by atoms with van der Waals surface area (Å²) in [6, 6.07) is 2.15. The summed E-state index contributed by atoms with van der Waals surface area (Å²) in [5.74, 6) is -8.53. The van der Waals surface area contributed by atoms with Crippen LogP contribution in [0, 0.1) is 34.9 Å². The molecule has 0 bridgehead atoms. The average molecular weight is 489 g/mol. The summed E-state index contributed by atoms with van der Waals surface area (Å²) in [5, 5.41) is 0. The topological polar surface area (TPSA) is 86.5 Å². The summed E-state index contributed by atoms with van der Waals surface area (Å²) < 4.78 is 81.8. The van der Waals surface area contributed by atoms with Crippen LogP contribution in [-0.4, -0.2) is 24.1 Å². The Morgan fingerprint density at radius 3 is 1.68 bits per heavy atom. The van der Waals surface area contributed by atoms with E-state index in [0.29, 0.717) is 18.2 Å². The number of nitrogens with two attached hydrogens (primary N) is 1. The quantitative estimate of drug-likeness (QED) is 0.197. The first kappa shape index (κ1) is 28.4. The lowest BCUT2D eigenvalue weighted by Crippen LogP contribution is -2.14. The summed E-state index contributed by atoms with van der Waals surface area (Å²) in [4.78, 5) is 33.0. The lowest BCUT2D eigenvalue weighted by Gasteiger charge is -2.04. The maximum atomic E-state index is 13.2. The highest BCUT2D eigenvalue weighted by Crippen LogP contribution is 2.16. The SMILES string of the molecule is CC(=O)/C=C(\N)Cc1cc(F)c(F)cc1F.CCOC(=O)CC(=O)Cc1cc(F)c(F)cc1F. The summed E-state index contributed by atoms with van der Waals surface area (Å²) >= 11 is 0. The molecule has 2 aromatic carbocycles. The van der Waals surface area contributed by atoms with Crippen LogP contribution in [0.15, 0.2) is 36.0 Å². The second-order valence-electron chi connectivity index (χ2n) is 6.92. The number of halogens is 6. The minimum atomic E-state index is -1.32. The minimum Gasteiger partial charge on any atom is -0.466 e. The molecule has 184 valence electrons. The number of benzene rings is 2. The molecule has 0 radical (unpaired) electrons. The van der Waals surface area contributed by atoms with Gasteiger partial charge in [0.15, 0.2) is 29.1 Å². The van der Waals surface area contributed by atoms with E-state index in [1.807, 2.05) is 0 Å². The largest absolute Gasteiger partial charge is 0.466 e. The van der Waals surface area contributed by atoms with E-state index in [9.17, 15) is 40.7 Å². The van der Waals surface area contributed by atoms with Crippen molar-refractivity contribution in [1.29, 1.82) is 0 Å². The van der Waals surface area contributed by atoms with Crippen LogP contribution in [0.25, 0.3) is 0 Å². The first-order valence-electron chi connectivity index (χ1n) is 9.74. The number of Topliss-reactive ketones (excluding diaryl/α,β-unsaturated/α-hetero) is 1. The number of carbonyl (C=O) groups excluding carboxylic acids is 3. The fraction of sp³-hybridized carbons (Fsp3) is 0.261. The van der Waals surface area contributed by atoms with Crippen molar-refractivity contribution in [3.63, 3.8) is 0 Å². The van der Waals surface area contributed by atoms with E-state index in [4.69, 9.17) is 5.73 Å². The van der Waals surface area contributed by atoms with Crippen molar-refractivity contribution in [3.05, 3.63) is 82.1 Å². The van der Waals surface area contributed by atoms with Gasteiger partial charge in [-0.05, 0) is 43.2 Å². The van der Waals surface area contributed by atoms with Crippen LogP contribution >= 0.6 is 0 Å². The third kappa shape index (κ3) is 9.47. The molecule has 0 atom stereocenters. The summed E-state index contributed by atoms with van der Waals surface area (Å²) in [6.45, 7) is 3.00. The van der Waals surface area contributed by atoms with E-state index >= 15 is 0 Å². The highest BCUT2D eigenvalue weighted by atomic mass is 19.2. The maximum Gasteiger partial charge on any atom is 0.313 e. The van der Waals surface area contributed by atoms with Crippen LogP contribution in [-0.2, 0) is 32.0 Å². The Bertz CT molecular complexity index is 1100. The van der Waals surface area contributed by atoms with Crippen molar-refractivity contribution in [2.45, 2.75) is 33.1 Å². The van der Waals surface area contributed by atoms with E-state index in [-0.39, 0.29) is 35.6 Å². The molecular formula is C23H21F6NO4. The number of carbonyl (C=O) groups is 3. The van der Waals surface area contributed by atoms with Gasteiger partial charge in [0, 0.05) is 30.7 Å². The Kier molecular flexibility index (Phi) is 11.0. The Balaban J connectivity index is 0.000000342. The Morgan fingerprint density at radius 1 is 0.794 bits per heavy atom. The third-order valence-corrected chi connectivity index (χ3v) is 4.00. The third-order valence-electron chi connectivity index (χ3n) is 4.00. The molecule has 0 heterocycles. The summed E-state index contributed by atoms with van der Waals surface area (Å²) in [6.07, 6.45) is -0.0303. The predicted octanol–water partition coefficient (Wildman–Crippen LogP) is 4.25. The zero-order chi connectivity index (χ0) is 26.0. The molecule has 0 aliphatic rings. The van der Waals surface area contributed by atoms with E-state index in [1.54, 1.807) is 6.92 Å². The van der Waals surface area contributed by atoms with Crippen molar-refractivity contribution < 1.29 is 45.5 Å². The number of ketones is 2. The first-order chi connectivity index (χ1) is 15.8. The van der Waals surface area contributed by atoms with Crippen molar-refractivity contribution in [1.82, 2.24) is 0 Å². The van der Waals surface area contributed by atoms with E-state index in [2.05, 4.69) is 4.74 Å². The molecule has 5 nitrogen and oxygen atoms in total. The van der Waals surface area contributed by atoms with Crippen LogP contribution in [0.2, 0.25) is 0 Å². The number of hydrogen-bond acceptors (Lipinski definition) is 5. The molecule has 0 saturated carbocycles. The fourth-order valence-electron chi connectivity index (χ4n) is 2.58. The van der Waals surface area contributed by atoms with Gasteiger partial charge in [0.05, 0.1) is 6.61 Å². The molecule has 34 heavy (non-hydrogen) atoms. The van der Waals surface area contributed by atoms with Crippen LogP contribution in [0.1, 0.15) is 31.4 Å². The van der Waals surface area contributed by atoms with Gasteiger partial charge in [-0.2, -0.15) is 0 Å². The zero-order valence-corrected chi connectivity index (χ0v) is 18.2. The number of rotatable bonds is 8. The van der Waals surface area contributed by atoms with Crippen molar-refractivity contribution in [2.75, 3.05) is 6.61 Å². The van der Waals surface area contributed by atoms with Gasteiger partial charge in [-0.25, -0.2) is 26.3 Å². The van der Waals surface area contributed by atoms with Gasteiger partial charge in [-0.15, -0.1) is 0 Å². The second-order valence-corrected chi connectivity index (χ2v) is 6.92. The standard InChI is InChI=1S/C12H11F3O3.C11H10F3NO/c1-2-18-12(17)5-8(16)3-7-4-10(14)11(15)6-9(7)13;1-6(16)2-8(15)3-7-4-10(13)11(14)5-9(7)12/h4,6H,2-3,5H2,1H3;2,4-5H,3,15H2,1H3/b;8-2-. The highest BCUT2D eigenvalue weighted by molar-refractivity contribution is 5.96. The van der Waals surface area contributed by atoms with Gasteiger partial charge in [0.1, 0.15) is 23.8 Å². The highest BCUT2D eigenvalue weighted by Gasteiger charge is 2.16. The predicted molar refractivity (Wildman–Crippen MR) is 109 cm³/mol. The molecular weight excluding hydrogens is 468 g/mol. The average Bonchev–Trinajstić information content (AvgIpc) is 2.70. The minimum absolute atomic E-state index is 0.0890. The van der Waals surface area contributed by atoms with Crippen LogP contribution in [0.4, 0.5) is 26.3 Å². The molecule has 11 heteroatoms. The Morgan fingerprint density at radius 2 is 1.24 bits per heavy atom. The molecule has 2 rings (SSSR count). The number of hydrogen-bond donors (Lipinski definition) is 1. The molecule has 0 fully saturated rings. The maximum absolute atomic E-state index is 13.2. The smallest absolute Gasteiger partial charge is 0.313 e. The van der Waals surface area contributed by atoms with Crippen molar-refractivity contribution in [2.24, 2.45) is 5.73 Å². The van der Waals surface area contributed by atoms with Gasteiger partial charge in [-0.1, -0.05) is 0 Å². The molecule has 0 unspecified atom stereocenters. The van der Waals surface area contributed by atoms with E-state index in [0.717, 1.165) is 12.1 Å². The van der Waals surface area contributed by atoms with Gasteiger partial charge < -0.3 is 10.5 Å². The number of allylic oxidation sites excluding steroid dienone is 2. The van der Waals surface area contributed by atoms with E-state index < -0.39 is 59.5 Å². The second kappa shape index (κ2) is 13.2. The normalized spacial score (nSPS) is 10.9. The monoisotopic (exact) mass is 489 g/mol. The molecule has 0 aliphatic carbocycles. The molecule has 0 aromatic heterocycles. The van der Waals surface area contributed by atoms with Gasteiger partial charge in [0.2, 0.25) is 0 Å². The number of ether oxygens (including phenoxy) is 1. The summed E-state index contributed by atoms with van der Waals surface area (Å²) in [7, 11) is 0.